The number of fused-ring (bicyclic) bond motifs is 1. The van der Waals surface area contributed by atoms with E-state index in [2.05, 4.69) is 26.7 Å². The molecule has 1 amide bonds. The number of aromatic nitrogens is 4. The average Bonchev–Trinajstić information content (AvgIpc) is 3.38. The van der Waals surface area contributed by atoms with Gasteiger partial charge >= 0.3 is 0 Å². The van der Waals surface area contributed by atoms with Crippen molar-refractivity contribution in [3.63, 3.8) is 0 Å². The highest BCUT2D eigenvalue weighted by molar-refractivity contribution is 5.85. The molecule has 1 aliphatic rings. The number of carbonyl (C=O) groups excluding carboxylic acids is 1. The molecule has 10 heteroatoms. The van der Waals surface area contributed by atoms with Gasteiger partial charge in [0.05, 0.1) is 18.8 Å². The first-order chi connectivity index (χ1) is 13.7. The van der Waals surface area contributed by atoms with Crippen LogP contribution in [0.4, 0.5) is 0 Å². The smallest absolute Gasteiger partial charge is 0.247 e. The Morgan fingerprint density at radius 3 is 2.76 bits per heavy atom. The SMILES string of the molecule is Cl.N[C@@H](CO)c1cn([C@@H](Cc2cc3ccccc3[nH]2)C(=O)N2CCNCC2)nn1. The monoisotopic (exact) mass is 419 g/mol. The summed E-state index contributed by atoms with van der Waals surface area (Å²) in [5, 5.41) is 21.8. The topological polar surface area (TPSA) is 125 Å². The van der Waals surface area contributed by atoms with E-state index < -0.39 is 12.1 Å². The van der Waals surface area contributed by atoms with Gasteiger partial charge in [0.2, 0.25) is 5.91 Å². The summed E-state index contributed by atoms with van der Waals surface area (Å²) in [6.07, 6.45) is 2.13. The maximum Gasteiger partial charge on any atom is 0.247 e. The van der Waals surface area contributed by atoms with Crippen LogP contribution < -0.4 is 11.1 Å². The van der Waals surface area contributed by atoms with Crippen LogP contribution in [0.5, 0.6) is 0 Å². The van der Waals surface area contributed by atoms with Gasteiger partial charge in [0.1, 0.15) is 11.7 Å². The number of nitrogens with two attached hydrogens (primary N) is 1. The number of amides is 1. The molecule has 3 aromatic rings. The fraction of sp³-hybridized carbons (Fsp3) is 0.421. The average molecular weight is 420 g/mol. The summed E-state index contributed by atoms with van der Waals surface area (Å²) in [5.74, 6) is 0.00850. The highest BCUT2D eigenvalue weighted by atomic mass is 35.5. The molecule has 156 valence electrons. The Bertz CT molecular complexity index is 918. The number of rotatable bonds is 6. The van der Waals surface area contributed by atoms with Crippen LogP contribution in [0.3, 0.4) is 0 Å². The van der Waals surface area contributed by atoms with E-state index in [1.54, 1.807) is 10.9 Å². The quantitative estimate of drug-likeness (QED) is 0.458. The highest BCUT2D eigenvalue weighted by Crippen LogP contribution is 2.22. The lowest BCUT2D eigenvalue weighted by atomic mass is 10.1. The van der Waals surface area contributed by atoms with Crippen molar-refractivity contribution in [2.45, 2.75) is 18.5 Å². The van der Waals surface area contributed by atoms with E-state index in [0.717, 1.165) is 29.7 Å². The first-order valence-electron chi connectivity index (χ1n) is 9.50. The number of aliphatic hydroxyl groups is 1. The van der Waals surface area contributed by atoms with Crippen molar-refractivity contribution in [2.24, 2.45) is 5.73 Å². The zero-order chi connectivity index (χ0) is 19.5. The summed E-state index contributed by atoms with van der Waals surface area (Å²) in [7, 11) is 0. The van der Waals surface area contributed by atoms with Crippen molar-refractivity contribution in [1.82, 2.24) is 30.2 Å². The Balaban J connectivity index is 0.00000240. The van der Waals surface area contributed by atoms with E-state index in [1.807, 2.05) is 29.2 Å². The van der Waals surface area contributed by atoms with Crippen LogP contribution in [0.1, 0.15) is 23.5 Å². The van der Waals surface area contributed by atoms with Crippen molar-refractivity contribution in [3.05, 3.63) is 47.9 Å². The number of H-pyrrole nitrogens is 1. The van der Waals surface area contributed by atoms with Crippen LogP contribution in [0.15, 0.2) is 36.5 Å². The van der Waals surface area contributed by atoms with E-state index in [1.165, 1.54) is 0 Å². The minimum atomic E-state index is -0.614. The zero-order valence-electron chi connectivity index (χ0n) is 16.0. The van der Waals surface area contributed by atoms with Crippen molar-refractivity contribution in [3.8, 4) is 0 Å². The molecule has 0 spiro atoms. The van der Waals surface area contributed by atoms with Gasteiger partial charge in [-0.1, -0.05) is 23.4 Å². The van der Waals surface area contributed by atoms with Crippen LogP contribution in [-0.2, 0) is 11.2 Å². The Kier molecular flexibility index (Phi) is 6.86. The first-order valence-corrected chi connectivity index (χ1v) is 9.50. The molecule has 9 nitrogen and oxygen atoms in total. The van der Waals surface area contributed by atoms with Crippen molar-refractivity contribution < 1.29 is 9.90 Å². The number of benzene rings is 1. The van der Waals surface area contributed by atoms with E-state index in [0.29, 0.717) is 25.2 Å². The minimum Gasteiger partial charge on any atom is -0.394 e. The molecule has 1 fully saturated rings. The number of aliphatic hydroxyl groups excluding tert-OH is 1. The van der Waals surface area contributed by atoms with Crippen LogP contribution in [-0.4, -0.2) is 68.7 Å². The molecule has 5 N–H and O–H groups in total. The molecule has 2 atom stereocenters. The molecule has 0 saturated carbocycles. The number of para-hydroxylation sites is 1. The Morgan fingerprint density at radius 1 is 1.28 bits per heavy atom. The predicted octanol–water partition coefficient (Wildman–Crippen LogP) is 0.389. The summed E-state index contributed by atoms with van der Waals surface area (Å²) in [6.45, 7) is 2.67. The first kappa shape index (κ1) is 21.3. The molecule has 29 heavy (non-hydrogen) atoms. The van der Waals surface area contributed by atoms with Gasteiger partial charge < -0.3 is 26.0 Å². The molecule has 0 bridgehead atoms. The lowest BCUT2D eigenvalue weighted by molar-refractivity contribution is -0.135. The van der Waals surface area contributed by atoms with E-state index >= 15 is 0 Å². The number of nitrogens with one attached hydrogen (secondary N) is 2. The molecule has 0 radical (unpaired) electrons. The normalized spacial score (nSPS) is 16.4. The van der Waals surface area contributed by atoms with Gasteiger partial charge in [0.15, 0.2) is 0 Å². The Labute approximate surface area is 174 Å². The second-order valence-electron chi connectivity index (χ2n) is 7.09. The molecule has 1 aromatic carbocycles. The largest absolute Gasteiger partial charge is 0.394 e. The van der Waals surface area contributed by atoms with E-state index in [4.69, 9.17) is 5.73 Å². The Hall–Kier alpha value is -2.46. The molecule has 0 unspecified atom stereocenters. The number of halogens is 1. The third-order valence-electron chi connectivity index (χ3n) is 5.14. The second kappa shape index (κ2) is 9.36. The van der Waals surface area contributed by atoms with Gasteiger partial charge in [-0.2, -0.15) is 0 Å². The molecule has 3 heterocycles. The Morgan fingerprint density at radius 2 is 2.03 bits per heavy atom. The third-order valence-corrected chi connectivity index (χ3v) is 5.14. The third kappa shape index (κ3) is 4.59. The number of piperazine rings is 1. The van der Waals surface area contributed by atoms with E-state index in [-0.39, 0.29) is 24.9 Å². The lowest BCUT2D eigenvalue weighted by Crippen LogP contribution is -2.49. The lowest BCUT2D eigenvalue weighted by Gasteiger charge is -2.30. The fourth-order valence-corrected chi connectivity index (χ4v) is 3.55. The van der Waals surface area contributed by atoms with Gasteiger partial charge in [-0.25, -0.2) is 4.68 Å². The van der Waals surface area contributed by atoms with Gasteiger partial charge in [-0.05, 0) is 17.5 Å². The molecule has 1 aliphatic heterocycles. The number of hydrogen-bond acceptors (Lipinski definition) is 6. The van der Waals surface area contributed by atoms with Crippen LogP contribution in [0.2, 0.25) is 0 Å². The number of hydrogen-bond donors (Lipinski definition) is 4. The molecular weight excluding hydrogens is 394 g/mol. The molecule has 4 rings (SSSR count). The standard InChI is InChI=1S/C19H25N7O2.ClH/c20-15(12-27)17-11-26(24-23-17)18(19(28)25-7-5-21-6-8-25)10-14-9-13-3-1-2-4-16(13)22-14;/h1-4,9,11,15,18,21-22,27H,5-8,10,12,20H2;1H/t15-,18-;/m0./s1. The fourth-order valence-electron chi connectivity index (χ4n) is 3.55. The van der Waals surface area contributed by atoms with Crippen LogP contribution >= 0.6 is 12.4 Å². The number of aromatic amines is 1. The molecule has 0 aliphatic carbocycles. The van der Waals surface area contributed by atoms with Crippen molar-refractivity contribution in [2.75, 3.05) is 32.8 Å². The summed E-state index contributed by atoms with van der Waals surface area (Å²) in [6, 6.07) is 8.94. The van der Waals surface area contributed by atoms with Crippen LogP contribution in [0.25, 0.3) is 10.9 Å². The maximum atomic E-state index is 13.3. The predicted molar refractivity (Wildman–Crippen MR) is 112 cm³/mol. The molecule has 2 aromatic heterocycles. The van der Waals surface area contributed by atoms with Crippen molar-refractivity contribution >= 4 is 29.2 Å². The minimum absolute atomic E-state index is 0. The zero-order valence-corrected chi connectivity index (χ0v) is 16.8. The van der Waals surface area contributed by atoms with Gasteiger partial charge in [-0.15, -0.1) is 17.5 Å². The second-order valence-corrected chi connectivity index (χ2v) is 7.09. The van der Waals surface area contributed by atoms with Gasteiger partial charge in [-0.3, -0.25) is 4.79 Å². The summed E-state index contributed by atoms with van der Waals surface area (Å²) in [4.78, 5) is 18.5. The highest BCUT2D eigenvalue weighted by Gasteiger charge is 2.29. The number of carbonyl (C=O) groups is 1. The van der Waals surface area contributed by atoms with Gasteiger partial charge in [0, 0.05) is 43.8 Å². The summed E-state index contributed by atoms with van der Waals surface area (Å²) < 4.78 is 1.57. The summed E-state index contributed by atoms with van der Waals surface area (Å²) >= 11 is 0. The van der Waals surface area contributed by atoms with Crippen molar-refractivity contribution in [1.29, 1.82) is 0 Å². The van der Waals surface area contributed by atoms with E-state index in [9.17, 15) is 9.90 Å². The molecular formula is C19H26ClN7O2. The van der Waals surface area contributed by atoms with Crippen LogP contribution in [0, 0.1) is 0 Å². The van der Waals surface area contributed by atoms with Gasteiger partial charge in [0.25, 0.3) is 0 Å². The number of nitrogens with zero attached hydrogens (tertiary/aromatic N) is 4. The molecule has 1 saturated heterocycles. The summed E-state index contributed by atoms with van der Waals surface area (Å²) in [5.41, 5.74) is 8.32. The maximum absolute atomic E-state index is 13.3.